The van der Waals surface area contributed by atoms with E-state index in [1.54, 1.807) is 17.4 Å². The predicted octanol–water partition coefficient (Wildman–Crippen LogP) is 3.17. The van der Waals surface area contributed by atoms with E-state index in [4.69, 9.17) is 5.26 Å². The molecular formula is C13H9N3S. The van der Waals surface area contributed by atoms with Gasteiger partial charge in [0.1, 0.15) is 17.4 Å². The molecule has 3 nitrogen and oxygen atoms in total. The van der Waals surface area contributed by atoms with Gasteiger partial charge in [0.25, 0.3) is 0 Å². The Morgan fingerprint density at radius 2 is 2.24 bits per heavy atom. The van der Waals surface area contributed by atoms with Crippen molar-refractivity contribution in [3.05, 3.63) is 40.6 Å². The van der Waals surface area contributed by atoms with Crippen LogP contribution in [0.1, 0.15) is 5.56 Å². The van der Waals surface area contributed by atoms with Gasteiger partial charge in [-0.05, 0) is 23.6 Å². The number of benzene rings is 1. The number of imidazole rings is 1. The van der Waals surface area contributed by atoms with Crippen molar-refractivity contribution in [2.24, 2.45) is 7.05 Å². The molecule has 0 saturated carbocycles. The monoisotopic (exact) mass is 239 g/mol. The Labute approximate surface area is 103 Å². The van der Waals surface area contributed by atoms with Crippen molar-refractivity contribution >= 4 is 22.4 Å². The molecule has 0 radical (unpaired) electrons. The third kappa shape index (κ3) is 1.44. The summed E-state index contributed by atoms with van der Waals surface area (Å²) in [5.74, 6) is 0.906. The number of nitrogens with zero attached hydrogens (tertiary/aromatic N) is 3. The lowest BCUT2D eigenvalue weighted by molar-refractivity contribution is 0.960. The number of fused-ring (bicyclic) bond motifs is 1. The molecule has 0 unspecified atom stereocenters. The summed E-state index contributed by atoms with van der Waals surface area (Å²) >= 11 is 1.64. The van der Waals surface area contributed by atoms with Crippen LogP contribution in [-0.2, 0) is 7.05 Å². The van der Waals surface area contributed by atoms with Crippen molar-refractivity contribution in [3.8, 4) is 17.5 Å². The normalized spacial score (nSPS) is 10.6. The van der Waals surface area contributed by atoms with E-state index >= 15 is 0 Å². The van der Waals surface area contributed by atoms with Gasteiger partial charge in [-0.3, -0.25) is 0 Å². The van der Waals surface area contributed by atoms with E-state index in [0.717, 1.165) is 22.4 Å². The largest absolute Gasteiger partial charge is 0.327 e. The van der Waals surface area contributed by atoms with Gasteiger partial charge in [-0.15, -0.1) is 0 Å². The molecule has 2 aromatic heterocycles. The highest BCUT2D eigenvalue weighted by Crippen LogP contribution is 2.26. The van der Waals surface area contributed by atoms with Crippen LogP contribution in [0, 0.1) is 11.3 Å². The molecule has 17 heavy (non-hydrogen) atoms. The highest BCUT2D eigenvalue weighted by atomic mass is 32.1. The van der Waals surface area contributed by atoms with Crippen molar-refractivity contribution < 1.29 is 0 Å². The van der Waals surface area contributed by atoms with E-state index in [2.05, 4.69) is 16.4 Å². The molecule has 0 aliphatic heterocycles. The number of hydrogen-bond donors (Lipinski definition) is 0. The molecule has 0 spiro atoms. The van der Waals surface area contributed by atoms with E-state index in [1.807, 2.05) is 35.2 Å². The number of rotatable bonds is 1. The first-order valence-electron chi connectivity index (χ1n) is 5.19. The zero-order valence-corrected chi connectivity index (χ0v) is 10.0. The summed E-state index contributed by atoms with van der Waals surface area (Å²) in [4.78, 5) is 4.57. The number of nitriles is 1. The lowest BCUT2D eigenvalue weighted by Crippen LogP contribution is -1.90. The van der Waals surface area contributed by atoms with Gasteiger partial charge in [-0.2, -0.15) is 16.6 Å². The lowest BCUT2D eigenvalue weighted by atomic mass is 10.2. The van der Waals surface area contributed by atoms with Crippen molar-refractivity contribution in [2.45, 2.75) is 0 Å². The average Bonchev–Trinajstić information content (AvgIpc) is 2.97. The van der Waals surface area contributed by atoms with Gasteiger partial charge in [0.15, 0.2) is 0 Å². The molecule has 82 valence electrons. The number of thiophene rings is 1. The molecule has 3 aromatic rings. The second kappa shape index (κ2) is 3.72. The molecule has 0 amide bonds. The molecule has 0 saturated heterocycles. The van der Waals surface area contributed by atoms with Crippen LogP contribution in [0.25, 0.3) is 22.4 Å². The maximum atomic E-state index is 9.07. The molecule has 0 N–H and O–H groups in total. The summed E-state index contributed by atoms with van der Waals surface area (Å²) < 4.78 is 2.03. The highest BCUT2D eigenvalue weighted by molar-refractivity contribution is 7.08. The Morgan fingerprint density at radius 1 is 1.35 bits per heavy atom. The van der Waals surface area contributed by atoms with Crippen LogP contribution >= 0.6 is 11.3 Å². The minimum absolute atomic E-state index is 0.625. The molecule has 2 heterocycles. The van der Waals surface area contributed by atoms with Gasteiger partial charge >= 0.3 is 0 Å². The zero-order valence-electron chi connectivity index (χ0n) is 9.21. The minimum atomic E-state index is 0.625. The summed E-state index contributed by atoms with van der Waals surface area (Å²) in [5.41, 5.74) is 3.49. The maximum absolute atomic E-state index is 9.07. The summed E-state index contributed by atoms with van der Waals surface area (Å²) in [6.07, 6.45) is 0. The quantitative estimate of drug-likeness (QED) is 0.654. The van der Waals surface area contributed by atoms with Crippen molar-refractivity contribution in [1.29, 1.82) is 5.26 Å². The molecule has 0 fully saturated rings. The molecule has 3 rings (SSSR count). The first-order valence-corrected chi connectivity index (χ1v) is 6.13. The van der Waals surface area contributed by atoms with Crippen LogP contribution in [-0.4, -0.2) is 9.55 Å². The van der Waals surface area contributed by atoms with E-state index in [0.29, 0.717) is 5.56 Å². The van der Waals surface area contributed by atoms with Crippen LogP contribution in [0.15, 0.2) is 35.0 Å². The van der Waals surface area contributed by atoms with Crippen molar-refractivity contribution in [1.82, 2.24) is 9.55 Å². The Balaban J connectivity index is 2.37. The van der Waals surface area contributed by atoms with E-state index < -0.39 is 0 Å². The summed E-state index contributed by atoms with van der Waals surface area (Å²) in [5, 5.41) is 13.2. The van der Waals surface area contributed by atoms with Gasteiger partial charge in [0, 0.05) is 18.0 Å². The second-order valence-electron chi connectivity index (χ2n) is 3.79. The van der Waals surface area contributed by atoms with Gasteiger partial charge in [0.2, 0.25) is 0 Å². The number of para-hydroxylation sites is 1. The van der Waals surface area contributed by atoms with E-state index in [1.165, 1.54) is 0 Å². The Morgan fingerprint density at radius 3 is 2.94 bits per heavy atom. The fourth-order valence-corrected chi connectivity index (χ4v) is 2.59. The van der Waals surface area contributed by atoms with Crippen LogP contribution in [0.2, 0.25) is 0 Å². The smallest absolute Gasteiger partial charge is 0.141 e. The van der Waals surface area contributed by atoms with Crippen LogP contribution < -0.4 is 0 Å². The molecule has 4 heteroatoms. The van der Waals surface area contributed by atoms with Gasteiger partial charge < -0.3 is 4.57 Å². The topological polar surface area (TPSA) is 41.6 Å². The van der Waals surface area contributed by atoms with Gasteiger partial charge in [-0.1, -0.05) is 6.07 Å². The fraction of sp³-hybridized carbons (Fsp3) is 0.0769. The summed E-state index contributed by atoms with van der Waals surface area (Å²) in [6.45, 7) is 0. The third-order valence-electron chi connectivity index (χ3n) is 2.81. The number of aryl methyl sites for hydroxylation is 1. The van der Waals surface area contributed by atoms with Crippen LogP contribution in [0.5, 0.6) is 0 Å². The molecule has 0 aliphatic rings. The van der Waals surface area contributed by atoms with E-state index in [-0.39, 0.29) is 0 Å². The third-order valence-corrected chi connectivity index (χ3v) is 3.49. The lowest BCUT2D eigenvalue weighted by Gasteiger charge is -1.98. The SMILES string of the molecule is Cn1c(-c2ccsc2)nc2c(C#N)cccc21. The number of hydrogen-bond acceptors (Lipinski definition) is 3. The number of aromatic nitrogens is 2. The molecule has 0 bridgehead atoms. The van der Waals surface area contributed by atoms with Gasteiger partial charge in [0.05, 0.1) is 11.1 Å². The zero-order chi connectivity index (χ0) is 11.8. The summed E-state index contributed by atoms with van der Waals surface area (Å²) in [6, 6.07) is 9.89. The Bertz CT molecular complexity index is 717. The molecule has 0 aliphatic carbocycles. The fourth-order valence-electron chi connectivity index (χ4n) is 1.95. The first-order chi connectivity index (χ1) is 8.31. The highest BCUT2D eigenvalue weighted by Gasteiger charge is 2.12. The molecule has 1 aromatic carbocycles. The van der Waals surface area contributed by atoms with Crippen LogP contribution in [0.4, 0.5) is 0 Å². The second-order valence-corrected chi connectivity index (χ2v) is 4.57. The van der Waals surface area contributed by atoms with Crippen molar-refractivity contribution in [3.63, 3.8) is 0 Å². The minimum Gasteiger partial charge on any atom is -0.327 e. The summed E-state index contributed by atoms with van der Waals surface area (Å²) in [7, 11) is 1.98. The Kier molecular flexibility index (Phi) is 2.20. The molecular weight excluding hydrogens is 230 g/mol. The Hall–Kier alpha value is -2.12. The van der Waals surface area contributed by atoms with Crippen molar-refractivity contribution in [2.75, 3.05) is 0 Å². The van der Waals surface area contributed by atoms with E-state index in [9.17, 15) is 0 Å². The van der Waals surface area contributed by atoms with Gasteiger partial charge in [-0.25, -0.2) is 4.98 Å². The maximum Gasteiger partial charge on any atom is 0.141 e. The van der Waals surface area contributed by atoms with Crippen LogP contribution in [0.3, 0.4) is 0 Å². The standard InChI is InChI=1S/C13H9N3S/c1-16-11-4-2-3-9(7-14)12(11)15-13(16)10-5-6-17-8-10/h2-6,8H,1H3. The molecule has 0 atom stereocenters. The first kappa shape index (κ1) is 10.1. The average molecular weight is 239 g/mol. The predicted molar refractivity (Wildman–Crippen MR) is 68.7 cm³/mol.